The molecule has 0 spiro atoms. The summed E-state index contributed by atoms with van der Waals surface area (Å²) in [5, 5.41) is 0.525. The SMILES string of the molecule is Cl.N[C@H]1CCN(S(=O)(=O)c2ccc(Cl)cc2)C1. The van der Waals surface area contributed by atoms with Gasteiger partial charge in [0.25, 0.3) is 0 Å². The second-order valence-corrected chi connectivity index (χ2v) is 6.24. The summed E-state index contributed by atoms with van der Waals surface area (Å²) in [6.45, 7) is 0.886. The van der Waals surface area contributed by atoms with E-state index in [9.17, 15) is 8.42 Å². The number of sulfonamides is 1. The average Bonchev–Trinajstić information content (AvgIpc) is 2.66. The van der Waals surface area contributed by atoms with E-state index in [4.69, 9.17) is 17.3 Å². The van der Waals surface area contributed by atoms with Crippen LogP contribution in [0.2, 0.25) is 5.02 Å². The highest BCUT2D eigenvalue weighted by Crippen LogP contribution is 2.21. The van der Waals surface area contributed by atoms with Crippen molar-refractivity contribution in [2.75, 3.05) is 13.1 Å². The number of nitrogens with zero attached hydrogens (tertiary/aromatic N) is 1. The molecule has 0 aromatic heterocycles. The van der Waals surface area contributed by atoms with Gasteiger partial charge >= 0.3 is 0 Å². The van der Waals surface area contributed by atoms with Crippen molar-refractivity contribution in [2.24, 2.45) is 5.73 Å². The Labute approximate surface area is 112 Å². The Kier molecular flexibility index (Phi) is 4.80. The zero-order valence-electron chi connectivity index (χ0n) is 9.04. The van der Waals surface area contributed by atoms with Gasteiger partial charge in [-0.3, -0.25) is 0 Å². The van der Waals surface area contributed by atoms with Crippen LogP contribution in [0.25, 0.3) is 0 Å². The Bertz CT molecular complexity index is 476. The Balaban J connectivity index is 0.00000144. The van der Waals surface area contributed by atoms with E-state index in [1.54, 1.807) is 12.1 Å². The van der Waals surface area contributed by atoms with Crippen LogP contribution in [0.4, 0.5) is 0 Å². The first-order chi connectivity index (χ1) is 7.50. The van der Waals surface area contributed by atoms with E-state index in [-0.39, 0.29) is 23.3 Å². The molecule has 17 heavy (non-hydrogen) atoms. The van der Waals surface area contributed by atoms with Gasteiger partial charge < -0.3 is 5.73 Å². The summed E-state index contributed by atoms with van der Waals surface area (Å²) < 4.78 is 25.7. The number of rotatable bonds is 2. The number of halogens is 2. The molecule has 1 aromatic carbocycles. The molecule has 0 bridgehead atoms. The van der Waals surface area contributed by atoms with E-state index in [2.05, 4.69) is 0 Å². The maximum absolute atomic E-state index is 12.1. The van der Waals surface area contributed by atoms with Crippen LogP contribution in [0.3, 0.4) is 0 Å². The summed E-state index contributed by atoms with van der Waals surface area (Å²) in [7, 11) is -3.39. The monoisotopic (exact) mass is 296 g/mol. The zero-order valence-corrected chi connectivity index (χ0v) is 11.4. The molecule has 1 atom stereocenters. The fourth-order valence-corrected chi connectivity index (χ4v) is 3.37. The molecule has 1 aliphatic heterocycles. The van der Waals surface area contributed by atoms with Crippen molar-refractivity contribution >= 4 is 34.0 Å². The molecule has 4 nitrogen and oxygen atoms in total. The lowest BCUT2D eigenvalue weighted by Gasteiger charge is -2.15. The van der Waals surface area contributed by atoms with Crippen LogP contribution in [-0.4, -0.2) is 31.9 Å². The lowest BCUT2D eigenvalue weighted by Crippen LogP contribution is -2.31. The maximum atomic E-state index is 12.1. The number of hydrogen-bond donors (Lipinski definition) is 1. The molecule has 96 valence electrons. The van der Waals surface area contributed by atoms with Gasteiger partial charge in [-0.2, -0.15) is 4.31 Å². The number of hydrogen-bond acceptors (Lipinski definition) is 3. The zero-order chi connectivity index (χ0) is 11.8. The highest BCUT2D eigenvalue weighted by Gasteiger charge is 2.30. The van der Waals surface area contributed by atoms with Crippen molar-refractivity contribution in [3.05, 3.63) is 29.3 Å². The second-order valence-electron chi connectivity index (χ2n) is 3.87. The summed E-state index contributed by atoms with van der Waals surface area (Å²) in [6.07, 6.45) is 0.715. The van der Waals surface area contributed by atoms with Crippen LogP contribution in [0.1, 0.15) is 6.42 Å². The molecule has 2 N–H and O–H groups in total. The minimum absolute atomic E-state index is 0. The third-order valence-electron chi connectivity index (χ3n) is 2.64. The summed E-state index contributed by atoms with van der Waals surface area (Å²) in [6, 6.07) is 6.12. The fraction of sp³-hybridized carbons (Fsp3) is 0.400. The summed E-state index contributed by atoms with van der Waals surface area (Å²) >= 11 is 5.72. The summed E-state index contributed by atoms with van der Waals surface area (Å²) in [5.74, 6) is 0. The summed E-state index contributed by atoms with van der Waals surface area (Å²) in [5.41, 5.74) is 5.70. The Morgan fingerprint density at radius 3 is 2.35 bits per heavy atom. The molecule has 1 aliphatic rings. The molecule has 0 amide bonds. The Morgan fingerprint density at radius 2 is 1.88 bits per heavy atom. The van der Waals surface area contributed by atoms with E-state index >= 15 is 0 Å². The molecule has 1 fully saturated rings. The molecule has 7 heteroatoms. The summed E-state index contributed by atoms with van der Waals surface area (Å²) in [4.78, 5) is 0.269. The van der Waals surface area contributed by atoms with E-state index < -0.39 is 10.0 Å². The molecular weight excluding hydrogens is 283 g/mol. The van der Waals surface area contributed by atoms with Crippen molar-refractivity contribution in [2.45, 2.75) is 17.4 Å². The van der Waals surface area contributed by atoms with E-state index in [1.807, 2.05) is 0 Å². The molecule has 0 unspecified atom stereocenters. The van der Waals surface area contributed by atoms with Crippen molar-refractivity contribution in [3.8, 4) is 0 Å². The van der Waals surface area contributed by atoms with Gasteiger partial charge in [0.1, 0.15) is 0 Å². The third-order valence-corrected chi connectivity index (χ3v) is 4.77. The average molecular weight is 297 g/mol. The molecule has 1 heterocycles. The van der Waals surface area contributed by atoms with Crippen LogP contribution in [-0.2, 0) is 10.0 Å². The molecular formula is C10H14Cl2N2O2S. The van der Waals surface area contributed by atoms with Crippen LogP contribution in [0.5, 0.6) is 0 Å². The minimum atomic E-state index is -3.39. The van der Waals surface area contributed by atoms with Crippen LogP contribution >= 0.6 is 24.0 Å². The van der Waals surface area contributed by atoms with E-state index in [1.165, 1.54) is 16.4 Å². The first-order valence-corrected chi connectivity index (χ1v) is 6.83. The second kappa shape index (κ2) is 5.54. The van der Waals surface area contributed by atoms with Gasteiger partial charge in [-0.25, -0.2) is 8.42 Å². The first-order valence-electron chi connectivity index (χ1n) is 5.01. The molecule has 1 aromatic rings. The third kappa shape index (κ3) is 3.11. The van der Waals surface area contributed by atoms with Crippen molar-refractivity contribution in [1.82, 2.24) is 4.31 Å². The maximum Gasteiger partial charge on any atom is 0.243 e. The fourth-order valence-electron chi connectivity index (χ4n) is 1.73. The molecule has 0 saturated carbocycles. The van der Waals surface area contributed by atoms with Crippen LogP contribution in [0, 0.1) is 0 Å². The number of nitrogens with two attached hydrogens (primary N) is 1. The van der Waals surface area contributed by atoms with Crippen molar-refractivity contribution < 1.29 is 8.42 Å². The highest BCUT2D eigenvalue weighted by atomic mass is 35.5. The van der Waals surface area contributed by atoms with Crippen LogP contribution in [0.15, 0.2) is 29.2 Å². The highest BCUT2D eigenvalue weighted by molar-refractivity contribution is 7.89. The smallest absolute Gasteiger partial charge is 0.243 e. The first kappa shape index (κ1) is 14.7. The Hall–Kier alpha value is -0.330. The van der Waals surface area contributed by atoms with Crippen molar-refractivity contribution in [3.63, 3.8) is 0 Å². The van der Waals surface area contributed by atoms with Gasteiger partial charge in [-0.05, 0) is 30.7 Å². The predicted molar refractivity (Wildman–Crippen MR) is 70.1 cm³/mol. The molecule has 0 radical (unpaired) electrons. The predicted octanol–water partition coefficient (Wildman–Crippen LogP) is 1.48. The normalized spacial score (nSPS) is 21.2. The largest absolute Gasteiger partial charge is 0.326 e. The van der Waals surface area contributed by atoms with Gasteiger partial charge in [0.15, 0.2) is 0 Å². The minimum Gasteiger partial charge on any atom is -0.326 e. The van der Waals surface area contributed by atoms with E-state index in [0.717, 1.165) is 0 Å². The van der Waals surface area contributed by atoms with Crippen molar-refractivity contribution in [1.29, 1.82) is 0 Å². The molecule has 0 aliphatic carbocycles. The lowest BCUT2D eigenvalue weighted by atomic mass is 10.3. The number of benzene rings is 1. The van der Waals surface area contributed by atoms with Gasteiger partial charge in [0.05, 0.1) is 4.90 Å². The Morgan fingerprint density at radius 1 is 1.29 bits per heavy atom. The van der Waals surface area contributed by atoms with Gasteiger partial charge in [-0.1, -0.05) is 11.6 Å². The van der Waals surface area contributed by atoms with Gasteiger partial charge in [-0.15, -0.1) is 12.4 Å². The lowest BCUT2D eigenvalue weighted by molar-refractivity contribution is 0.472. The molecule has 2 rings (SSSR count). The van der Waals surface area contributed by atoms with Gasteiger partial charge in [0, 0.05) is 24.2 Å². The molecule has 1 saturated heterocycles. The van der Waals surface area contributed by atoms with E-state index in [0.29, 0.717) is 24.5 Å². The van der Waals surface area contributed by atoms with Crippen LogP contribution < -0.4 is 5.73 Å². The quantitative estimate of drug-likeness (QED) is 0.899. The topological polar surface area (TPSA) is 63.4 Å². The standard InChI is InChI=1S/C10H13ClN2O2S.ClH/c11-8-1-3-10(4-2-8)16(14,15)13-6-5-9(12)7-13;/h1-4,9H,5-7,12H2;1H/t9-;/m0./s1. The van der Waals surface area contributed by atoms with Gasteiger partial charge in [0.2, 0.25) is 10.0 Å².